The van der Waals surface area contributed by atoms with E-state index < -0.39 is 12.0 Å². The monoisotopic (exact) mass is 282 g/mol. The first-order valence-corrected chi connectivity index (χ1v) is 6.45. The predicted octanol–water partition coefficient (Wildman–Crippen LogP) is 1.41. The van der Waals surface area contributed by atoms with Gasteiger partial charge in [-0.2, -0.15) is 5.10 Å². The van der Waals surface area contributed by atoms with Gasteiger partial charge in [0.1, 0.15) is 0 Å². The first-order chi connectivity index (χ1) is 9.20. The van der Waals surface area contributed by atoms with Crippen LogP contribution in [0.25, 0.3) is 0 Å². The molecule has 1 rings (SSSR count). The number of urea groups is 1. The second kappa shape index (κ2) is 6.40. The molecule has 7 nitrogen and oxygen atoms in total. The molecule has 20 heavy (non-hydrogen) atoms. The van der Waals surface area contributed by atoms with Crippen LogP contribution in [0.1, 0.15) is 38.4 Å². The Bertz CT molecular complexity index is 476. The SMILES string of the molecule is Cc1[nH]ncc1CNC(=O)NC(CC(=O)O)C(C)(C)C. The highest BCUT2D eigenvalue weighted by Gasteiger charge is 2.28. The van der Waals surface area contributed by atoms with E-state index in [0.29, 0.717) is 6.54 Å². The fourth-order valence-electron chi connectivity index (χ4n) is 1.69. The van der Waals surface area contributed by atoms with Gasteiger partial charge in [-0.3, -0.25) is 9.89 Å². The molecule has 0 saturated heterocycles. The van der Waals surface area contributed by atoms with Crippen LogP contribution in [0.2, 0.25) is 0 Å². The summed E-state index contributed by atoms with van der Waals surface area (Å²) in [5, 5.41) is 20.9. The summed E-state index contributed by atoms with van der Waals surface area (Å²) in [6.45, 7) is 7.88. The highest BCUT2D eigenvalue weighted by atomic mass is 16.4. The lowest BCUT2D eigenvalue weighted by atomic mass is 9.85. The van der Waals surface area contributed by atoms with Gasteiger partial charge in [-0.1, -0.05) is 20.8 Å². The number of nitrogens with one attached hydrogen (secondary N) is 3. The number of hydrogen-bond acceptors (Lipinski definition) is 3. The van der Waals surface area contributed by atoms with Crippen LogP contribution in [0, 0.1) is 12.3 Å². The summed E-state index contributed by atoms with van der Waals surface area (Å²) in [6.07, 6.45) is 1.54. The van der Waals surface area contributed by atoms with E-state index >= 15 is 0 Å². The van der Waals surface area contributed by atoms with Gasteiger partial charge in [0.05, 0.1) is 12.6 Å². The molecule has 0 saturated carbocycles. The number of aliphatic carboxylic acids is 1. The van der Waals surface area contributed by atoms with Crippen molar-refractivity contribution in [1.29, 1.82) is 0 Å². The number of carboxylic acids is 1. The Balaban J connectivity index is 2.54. The van der Waals surface area contributed by atoms with Gasteiger partial charge in [0.25, 0.3) is 0 Å². The fourth-order valence-corrected chi connectivity index (χ4v) is 1.69. The topological polar surface area (TPSA) is 107 Å². The van der Waals surface area contributed by atoms with Gasteiger partial charge < -0.3 is 15.7 Å². The van der Waals surface area contributed by atoms with E-state index in [1.54, 1.807) is 6.20 Å². The number of amides is 2. The van der Waals surface area contributed by atoms with E-state index in [1.807, 2.05) is 27.7 Å². The number of carbonyl (C=O) groups excluding carboxylic acids is 1. The van der Waals surface area contributed by atoms with E-state index in [2.05, 4.69) is 20.8 Å². The van der Waals surface area contributed by atoms with Gasteiger partial charge in [0, 0.05) is 23.8 Å². The maximum atomic E-state index is 11.8. The van der Waals surface area contributed by atoms with E-state index in [4.69, 9.17) is 5.11 Å². The van der Waals surface area contributed by atoms with Gasteiger partial charge >= 0.3 is 12.0 Å². The Kier molecular flexibility index (Phi) is 5.12. The number of H-pyrrole nitrogens is 1. The van der Waals surface area contributed by atoms with Gasteiger partial charge in [0.2, 0.25) is 0 Å². The van der Waals surface area contributed by atoms with Crippen LogP contribution < -0.4 is 10.6 Å². The molecule has 0 fully saturated rings. The molecule has 0 aromatic carbocycles. The van der Waals surface area contributed by atoms with Gasteiger partial charge in [-0.05, 0) is 12.3 Å². The average molecular weight is 282 g/mol. The minimum Gasteiger partial charge on any atom is -0.481 e. The minimum atomic E-state index is -0.934. The molecule has 2 amide bonds. The van der Waals surface area contributed by atoms with Crippen LogP contribution in [0.5, 0.6) is 0 Å². The summed E-state index contributed by atoms with van der Waals surface area (Å²) in [5.74, 6) is -0.934. The maximum absolute atomic E-state index is 11.8. The molecule has 0 bridgehead atoms. The quantitative estimate of drug-likeness (QED) is 0.655. The molecule has 1 aromatic rings. The number of rotatable bonds is 5. The Labute approximate surface area is 118 Å². The number of nitrogens with zero attached hydrogens (tertiary/aromatic N) is 1. The van der Waals surface area contributed by atoms with E-state index in [0.717, 1.165) is 11.3 Å². The molecule has 0 aliphatic carbocycles. The first-order valence-electron chi connectivity index (χ1n) is 6.45. The lowest BCUT2D eigenvalue weighted by Gasteiger charge is -2.30. The minimum absolute atomic E-state index is 0.109. The molecule has 0 aliphatic heterocycles. The van der Waals surface area contributed by atoms with Crippen LogP contribution >= 0.6 is 0 Å². The number of aromatic nitrogens is 2. The number of aromatic amines is 1. The number of carboxylic acid groups (broad SMARTS) is 1. The molecule has 1 aromatic heterocycles. The van der Waals surface area contributed by atoms with Crippen molar-refractivity contribution < 1.29 is 14.7 Å². The molecule has 0 radical (unpaired) electrons. The third-order valence-corrected chi connectivity index (χ3v) is 3.10. The van der Waals surface area contributed by atoms with Crippen LogP contribution in [-0.4, -0.2) is 33.3 Å². The zero-order chi connectivity index (χ0) is 15.3. The third kappa shape index (κ3) is 4.91. The van der Waals surface area contributed by atoms with E-state index in [-0.39, 0.29) is 17.9 Å². The molecule has 1 heterocycles. The molecular weight excluding hydrogens is 260 g/mol. The number of carbonyl (C=O) groups is 2. The highest BCUT2D eigenvalue weighted by molar-refractivity contribution is 5.75. The van der Waals surface area contributed by atoms with Crippen molar-refractivity contribution in [2.45, 2.75) is 46.7 Å². The summed E-state index contributed by atoms with van der Waals surface area (Å²) in [7, 11) is 0. The summed E-state index contributed by atoms with van der Waals surface area (Å²) in [6, 6.07) is -0.822. The van der Waals surface area contributed by atoms with E-state index in [1.165, 1.54) is 0 Å². The van der Waals surface area contributed by atoms with Gasteiger partial charge in [-0.15, -0.1) is 0 Å². The Morgan fingerprint density at radius 3 is 2.55 bits per heavy atom. The molecule has 0 aliphatic rings. The van der Waals surface area contributed by atoms with Crippen molar-refractivity contribution in [2.24, 2.45) is 5.41 Å². The Morgan fingerprint density at radius 2 is 2.10 bits per heavy atom. The van der Waals surface area contributed by atoms with Crippen LogP contribution in [0.3, 0.4) is 0 Å². The average Bonchev–Trinajstić information content (AvgIpc) is 2.69. The van der Waals surface area contributed by atoms with Crippen LogP contribution in [0.4, 0.5) is 4.79 Å². The standard InChI is InChI=1S/C13H22N4O3/c1-8-9(7-15-17-8)6-14-12(20)16-10(5-11(18)19)13(2,3)4/h7,10H,5-6H2,1-4H3,(H,15,17)(H,18,19)(H2,14,16,20). The second-order valence-corrected chi connectivity index (χ2v) is 5.86. The predicted molar refractivity (Wildman–Crippen MR) is 74.2 cm³/mol. The maximum Gasteiger partial charge on any atom is 0.315 e. The van der Waals surface area contributed by atoms with Crippen molar-refractivity contribution in [3.63, 3.8) is 0 Å². The van der Waals surface area contributed by atoms with Gasteiger partial charge in [0.15, 0.2) is 0 Å². The summed E-state index contributed by atoms with van der Waals surface area (Å²) >= 11 is 0. The number of hydrogen-bond donors (Lipinski definition) is 4. The third-order valence-electron chi connectivity index (χ3n) is 3.10. The van der Waals surface area contributed by atoms with Crippen molar-refractivity contribution in [3.8, 4) is 0 Å². The van der Waals surface area contributed by atoms with E-state index in [9.17, 15) is 9.59 Å². The Hall–Kier alpha value is -2.05. The number of aryl methyl sites for hydroxylation is 1. The molecule has 0 spiro atoms. The van der Waals surface area contributed by atoms with Crippen molar-refractivity contribution >= 4 is 12.0 Å². The zero-order valence-electron chi connectivity index (χ0n) is 12.3. The van der Waals surface area contributed by atoms with Crippen molar-refractivity contribution in [3.05, 3.63) is 17.5 Å². The normalized spacial score (nSPS) is 12.8. The zero-order valence-corrected chi connectivity index (χ0v) is 12.3. The summed E-state index contributed by atoms with van der Waals surface area (Å²) in [5.41, 5.74) is 1.45. The smallest absolute Gasteiger partial charge is 0.315 e. The van der Waals surface area contributed by atoms with Crippen molar-refractivity contribution in [1.82, 2.24) is 20.8 Å². The first kappa shape index (κ1) is 16.0. The summed E-state index contributed by atoms with van der Waals surface area (Å²) in [4.78, 5) is 22.7. The summed E-state index contributed by atoms with van der Waals surface area (Å²) < 4.78 is 0. The van der Waals surface area contributed by atoms with Crippen LogP contribution in [-0.2, 0) is 11.3 Å². The molecule has 112 valence electrons. The lowest BCUT2D eigenvalue weighted by molar-refractivity contribution is -0.138. The second-order valence-electron chi connectivity index (χ2n) is 5.86. The largest absolute Gasteiger partial charge is 0.481 e. The van der Waals surface area contributed by atoms with Crippen LogP contribution in [0.15, 0.2) is 6.20 Å². The molecule has 7 heteroatoms. The highest BCUT2D eigenvalue weighted by Crippen LogP contribution is 2.21. The molecule has 1 atom stereocenters. The molecule has 4 N–H and O–H groups in total. The Morgan fingerprint density at radius 1 is 1.45 bits per heavy atom. The molecular formula is C13H22N4O3. The lowest BCUT2D eigenvalue weighted by Crippen LogP contribution is -2.48. The fraction of sp³-hybridized carbons (Fsp3) is 0.615. The molecule has 1 unspecified atom stereocenters. The van der Waals surface area contributed by atoms with Gasteiger partial charge in [-0.25, -0.2) is 4.79 Å². The van der Waals surface area contributed by atoms with Crippen molar-refractivity contribution in [2.75, 3.05) is 0 Å².